The van der Waals surface area contributed by atoms with Gasteiger partial charge in [-0.2, -0.15) is 0 Å². The van der Waals surface area contributed by atoms with Crippen molar-refractivity contribution in [2.24, 2.45) is 5.92 Å². The number of hydrogen-bond acceptors (Lipinski definition) is 5. The zero-order valence-electron chi connectivity index (χ0n) is 18.0. The molecule has 0 unspecified atom stereocenters. The van der Waals surface area contributed by atoms with Gasteiger partial charge >= 0.3 is 0 Å². The Morgan fingerprint density at radius 1 is 1.12 bits per heavy atom. The Morgan fingerprint density at radius 3 is 2.59 bits per heavy atom. The number of benzene rings is 1. The predicted octanol–water partition coefficient (Wildman–Crippen LogP) is 5.59. The molecule has 5 nitrogen and oxygen atoms in total. The molecule has 0 bridgehead atoms. The highest BCUT2D eigenvalue weighted by molar-refractivity contribution is 7.09. The van der Waals surface area contributed by atoms with Gasteiger partial charge in [-0.15, -0.1) is 11.3 Å². The fourth-order valence-corrected chi connectivity index (χ4v) is 4.99. The van der Waals surface area contributed by atoms with Gasteiger partial charge in [0, 0.05) is 30.6 Å². The normalized spacial score (nSPS) is 15.1. The van der Waals surface area contributed by atoms with E-state index >= 15 is 0 Å². The Morgan fingerprint density at radius 2 is 1.94 bits per heavy atom. The van der Waals surface area contributed by atoms with Gasteiger partial charge in [0.25, 0.3) is 0 Å². The van der Waals surface area contributed by atoms with Crippen molar-refractivity contribution in [1.82, 2.24) is 19.8 Å². The molecule has 3 heterocycles. The van der Waals surface area contributed by atoms with Crippen LogP contribution in [0.3, 0.4) is 0 Å². The van der Waals surface area contributed by atoms with Crippen LogP contribution in [0, 0.1) is 12.8 Å². The van der Waals surface area contributed by atoms with E-state index in [1.165, 1.54) is 0 Å². The standard InChI is InChI=1S/C24H26Cl2N4OS/c1-17-28-21(16-32-17)14-29-10-7-19(8-11-29)24(31)30(15-20-4-2-3-9-27-20)13-18-5-6-22(25)23(26)12-18/h2-6,9,12,16,19H,7-8,10-11,13-15H2,1H3. The number of halogens is 2. The Hall–Kier alpha value is -1.99. The molecule has 1 aliphatic rings. The lowest BCUT2D eigenvalue weighted by atomic mass is 9.94. The van der Waals surface area contributed by atoms with Gasteiger partial charge < -0.3 is 4.90 Å². The molecule has 0 saturated carbocycles. The van der Waals surface area contributed by atoms with Gasteiger partial charge in [0.15, 0.2) is 0 Å². The van der Waals surface area contributed by atoms with Crippen LogP contribution in [-0.4, -0.2) is 38.8 Å². The fourth-order valence-electron chi connectivity index (χ4n) is 4.06. The number of amides is 1. The highest BCUT2D eigenvalue weighted by Crippen LogP contribution is 2.26. The van der Waals surface area contributed by atoms with Crippen molar-refractivity contribution in [1.29, 1.82) is 0 Å². The molecular formula is C24H26Cl2N4OS. The Labute approximate surface area is 203 Å². The van der Waals surface area contributed by atoms with Gasteiger partial charge in [-0.25, -0.2) is 4.98 Å². The van der Waals surface area contributed by atoms with Gasteiger partial charge in [-0.3, -0.25) is 14.7 Å². The number of thiazole rings is 1. The molecule has 0 radical (unpaired) electrons. The maximum atomic E-state index is 13.5. The summed E-state index contributed by atoms with van der Waals surface area (Å²) < 4.78 is 0. The van der Waals surface area contributed by atoms with Crippen LogP contribution in [0.1, 0.15) is 34.8 Å². The molecule has 1 aromatic carbocycles. The summed E-state index contributed by atoms with van der Waals surface area (Å²) >= 11 is 14.0. The predicted molar refractivity (Wildman–Crippen MR) is 130 cm³/mol. The number of aryl methyl sites for hydroxylation is 1. The van der Waals surface area contributed by atoms with Crippen molar-refractivity contribution in [3.8, 4) is 0 Å². The van der Waals surface area contributed by atoms with E-state index in [-0.39, 0.29) is 11.8 Å². The van der Waals surface area contributed by atoms with Crippen molar-refractivity contribution in [3.05, 3.63) is 80.0 Å². The lowest BCUT2D eigenvalue weighted by Crippen LogP contribution is -2.42. The first-order valence-corrected chi connectivity index (χ1v) is 12.4. The molecule has 1 amide bonds. The van der Waals surface area contributed by atoms with Crippen LogP contribution < -0.4 is 0 Å². The average Bonchev–Trinajstić information content (AvgIpc) is 3.21. The number of aromatic nitrogens is 2. The van der Waals surface area contributed by atoms with Gasteiger partial charge in [0.05, 0.1) is 33.0 Å². The summed E-state index contributed by atoms with van der Waals surface area (Å²) in [5.41, 5.74) is 2.95. The molecule has 32 heavy (non-hydrogen) atoms. The summed E-state index contributed by atoms with van der Waals surface area (Å²) in [7, 11) is 0. The van der Waals surface area contributed by atoms with E-state index in [1.54, 1.807) is 23.6 Å². The van der Waals surface area contributed by atoms with Crippen molar-refractivity contribution in [2.75, 3.05) is 13.1 Å². The average molecular weight is 489 g/mol. The zero-order chi connectivity index (χ0) is 22.5. The van der Waals surface area contributed by atoms with Gasteiger partial charge in [0.1, 0.15) is 0 Å². The minimum absolute atomic E-state index is 0.00917. The minimum Gasteiger partial charge on any atom is -0.332 e. The lowest BCUT2D eigenvalue weighted by Gasteiger charge is -2.34. The molecule has 168 valence electrons. The number of rotatable bonds is 7. The highest BCUT2D eigenvalue weighted by atomic mass is 35.5. The Bertz CT molecular complexity index is 1050. The summed E-state index contributed by atoms with van der Waals surface area (Å²) in [6.45, 7) is 5.63. The largest absolute Gasteiger partial charge is 0.332 e. The highest BCUT2D eigenvalue weighted by Gasteiger charge is 2.29. The van der Waals surface area contributed by atoms with Crippen LogP contribution >= 0.6 is 34.5 Å². The number of carbonyl (C=O) groups is 1. The molecule has 4 rings (SSSR count). The number of hydrogen-bond donors (Lipinski definition) is 0. The smallest absolute Gasteiger partial charge is 0.226 e. The Kier molecular flexibility index (Phi) is 7.79. The van der Waals surface area contributed by atoms with Crippen molar-refractivity contribution < 1.29 is 4.79 Å². The molecule has 1 fully saturated rings. The summed E-state index contributed by atoms with van der Waals surface area (Å²) in [5, 5.41) is 4.23. The van der Waals surface area contributed by atoms with E-state index in [0.29, 0.717) is 23.1 Å². The molecule has 8 heteroatoms. The molecule has 0 aliphatic carbocycles. The summed E-state index contributed by atoms with van der Waals surface area (Å²) in [4.78, 5) is 26.8. The van der Waals surface area contributed by atoms with E-state index in [0.717, 1.165) is 54.4 Å². The molecule has 1 saturated heterocycles. The van der Waals surface area contributed by atoms with Crippen LogP contribution in [-0.2, 0) is 24.4 Å². The second-order valence-corrected chi connectivity index (χ2v) is 10.0. The minimum atomic E-state index is 0.00917. The maximum Gasteiger partial charge on any atom is 0.226 e. The summed E-state index contributed by atoms with van der Waals surface area (Å²) in [6, 6.07) is 11.3. The third-order valence-electron chi connectivity index (χ3n) is 5.74. The topological polar surface area (TPSA) is 49.3 Å². The van der Waals surface area contributed by atoms with Gasteiger partial charge in [0.2, 0.25) is 5.91 Å². The second-order valence-electron chi connectivity index (χ2n) is 8.17. The van der Waals surface area contributed by atoms with Crippen LogP contribution in [0.2, 0.25) is 10.0 Å². The van der Waals surface area contributed by atoms with Gasteiger partial charge in [-0.05, 0) is 62.7 Å². The lowest BCUT2D eigenvalue weighted by molar-refractivity contribution is -0.138. The Balaban J connectivity index is 1.42. The SMILES string of the molecule is Cc1nc(CN2CCC(C(=O)N(Cc3ccc(Cl)c(Cl)c3)Cc3ccccn3)CC2)cs1. The third-order valence-corrected chi connectivity index (χ3v) is 7.30. The maximum absolute atomic E-state index is 13.5. The van der Waals surface area contributed by atoms with E-state index < -0.39 is 0 Å². The van der Waals surface area contributed by atoms with Crippen LogP contribution in [0.25, 0.3) is 0 Å². The number of piperidine rings is 1. The molecule has 3 aromatic rings. The molecule has 0 N–H and O–H groups in total. The van der Waals surface area contributed by atoms with Crippen LogP contribution in [0.4, 0.5) is 0 Å². The molecule has 1 aliphatic heterocycles. The third kappa shape index (κ3) is 6.07. The second kappa shape index (κ2) is 10.8. The number of pyridine rings is 1. The number of carbonyl (C=O) groups excluding carboxylic acids is 1. The first-order chi connectivity index (χ1) is 15.5. The molecular weight excluding hydrogens is 463 g/mol. The zero-order valence-corrected chi connectivity index (χ0v) is 20.3. The van der Waals surface area contributed by atoms with E-state index in [9.17, 15) is 4.79 Å². The number of nitrogens with zero attached hydrogens (tertiary/aromatic N) is 4. The quantitative estimate of drug-likeness (QED) is 0.434. The van der Waals surface area contributed by atoms with E-state index in [2.05, 4.69) is 20.2 Å². The molecule has 0 spiro atoms. The monoisotopic (exact) mass is 488 g/mol. The summed E-state index contributed by atoms with van der Waals surface area (Å²) in [5.74, 6) is 0.181. The van der Waals surface area contributed by atoms with Crippen molar-refractivity contribution in [3.63, 3.8) is 0 Å². The first-order valence-electron chi connectivity index (χ1n) is 10.7. The summed E-state index contributed by atoms with van der Waals surface area (Å²) in [6.07, 6.45) is 3.46. The first kappa shape index (κ1) is 23.2. The van der Waals surface area contributed by atoms with E-state index in [1.807, 2.05) is 42.2 Å². The van der Waals surface area contributed by atoms with Gasteiger partial charge in [-0.1, -0.05) is 35.3 Å². The van der Waals surface area contributed by atoms with Crippen LogP contribution in [0.15, 0.2) is 48.0 Å². The van der Waals surface area contributed by atoms with E-state index in [4.69, 9.17) is 23.2 Å². The molecule has 2 aromatic heterocycles. The van der Waals surface area contributed by atoms with Crippen molar-refractivity contribution >= 4 is 40.4 Å². The van der Waals surface area contributed by atoms with Crippen molar-refractivity contribution in [2.45, 2.75) is 39.4 Å². The number of likely N-dealkylation sites (tertiary alicyclic amines) is 1. The molecule has 0 atom stereocenters. The fraction of sp³-hybridized carbons (Fsp3) is 0.375. The van der Waals surface area contributed by atoms with Crippen LogP contribution in [0.5, 0.6) is 0 Å².